The third kappa shape index (κ3) is 13.8. The SMILES string of the molecule is CC(C)n1cc(C(=O)O)c(=O)c(-c2ccc(F)cc2)n1.COc1cc2nccc(Oc3ncc(CC(=O)c4cn(C(C)C)nc(-c5ccc(F)cc5)c4=O)cn3)c2cc1OC.COc1cc2nccc(Oc3ncc(N)cn3)c2cc1OC. The van der Waals surface area contributed by atoms with Crippen LogP contribution in [-0.4, -0.2) is 94.8 Å². The third-order valence-corrected chi connectivity index (χ3v) is 12.2. The van der Waals surface area contributed by atoms with E-state index in [0.717, 1.165) is 5.39 Å². The van der Waals surface area contributed by atoms with Crippen molar-refractivity contribution < 1.29 is 51.9 Å². The van der Waals surface area contributed by atoms with Gasteiger partial charge >= 0.3 is 18.0 Å². The van der Waals surface area contributed by atoms with Gasteiger partial charge in [0.25, 0.3) is 0 Å². The maximum atomic E-state index is 13.4. The van der Waals surface area contributed by atoms with E-state index in [1.54, 1.807) is 74.8 Å². The van der Waals surface area contributed by atoms with Gasteiger partial charge in [-0.15, -0.1) is 0 Å². The van der Waals surface area contributed by atoms with Crippen LogP contribution in [0.2, 0.25) is 0 Å². The van der Waals surface area contributed by atoms with Gasteiger partial charge in [-0.25, -0.2) is 33.5 Å². The first-order valence-electron chi connectivity index (χ1n) is 25.2. The molecule has 0 saturated carbocycles. The Morgan fingerprint density at radius 2 is 0.928 bits per heavy atom. The van der Waals surface area contributed by atoms with Crippen molar-refractivity contribution in [1.29, 1.82) is 0 Å². The molecule has 0 spiro atoms. The van der Waals surface area contributed by atoms with E-state index >= 15 is 0 Å². The van der Waals surface area contributed by atoms with Crippen LogP contribution < -0.4 is 45.0 Å². The third-order valence-electron chi connectivity index (χ3n) is 12.2. The molecule has 0 aliphatic heterocycles. The average Bonchev–Trinajstić information content (AvgIpc) is 3.69. The quantitative estimate of drug-likeness (QED) is 0.0851. The number of pyridine rings is 2. The molecule has 22 nitrogen and oxygen atoms in total. The summed E-state index contributed by atoms with van der Waals surface area (Å²) >= 11 is 0. The molecule has 10 aromatic rings. The van der Waals surface area contributed by atoms with Gasteiger partial charge in [-0.1, -0.05) is 0 Å². The highest BCUT2D eigenvalue weighted by Gasteiger charge is 2.21. The summed E-state index contributed by atoms with van der Waals surface area (Å²) in [6, 6.07) is 21.1. The molecular formula is C59H53F2N11O11. The maximum Gasteiger partial charge on any atom is 0.341 e. The molecule has 83 heavy (non-hydrogen) atoms. The Balaban J connectivity index is 0.000000180. The molecule has 0 fully saturated rings. The Morgan fingerprint density at radius 3 is 1.33 bits per heavy atom. The Hall–Kier alpha value is -10.8. The summed E-state index contributed by atoms with van der Waals surface area (Å²) in [5.74, 6) is 0.659. The number of methoxy groups -OCH3 is 4. The second-order valence-corrected chi connectivity index (χ2v) is 18.5. The fourth-order valence-corrected chi connectivity index (χ4v) is 7.91. The summed E-state index contributed by atoms with van der Waals surface area (Å²) in [5, 5.41) is 19.0. The summed E-state index contributed by atoms with van der Waals surface area (Å²) in [6.07, 6.45) is 11.7. The minimum atomic E-state index is -1.31. The molecule has 4 aromatic carbocycles. The molecule has 0 aliphatic rings. The number of halogens is 2. The zero-order valence-electron chi connectivity index (χ0n) is 45.9. The first-order valence-corrected chi connectivity index (χ1v) is 25.2. The Kier molecular flexibility index (Phi) is 18.3. The number of nitrogens with zero attached hydrogens (tertiary/aromatic N) is 10. The molecule has 0 unspecified atom stereocenters. The van der Waals surface area contributed by atoms with Crippen molar-refractivity contribution in [2.75, 3.05) is 34.2 Å². The number of nitrogen functional groups attached to an aromatic ring is 1. The van der Waals surface area contributed by atoms with E-state index in [1.807, 2.05) is 27.7 Å². The average molecular weight is 1130 g/mol. The molecule has 424 valence electrons. The van der Waals surface area contributed by atoms with Gasteiger partial charge in [0.05, 0.1) is 63.1 Å². The number of aromatic nitrogens is 10. The van der Waals surface area contributed by atoms with Crippen LogP contribution >= 0.6 is 0 Å². The number of rotatable bonds is 16. The van der Waals surface area contributed by atoms with Crippen LogP contribution in [0.4, 0.5) is 14.5 Å². The number of fused-ring (bicyclic) bond motifs is 2. The zero-order valence-corrected chi connectivity index (χ0v) is 45.9. The highest BCUT2D eigenvalue weighted by molar-refractivity contribution is 5.98. The molecule has 0 atom stereocenters. The van der Waals surface area contributed by atoms with Crippen LogP contribution in [-0.2, 0) is 6.42 Å². The van der Waals surface area contributed by atoms with E-state index < -0.39 is 34.2 Å². The predicted molar refractivity (Wildman–Crippen MR) is 302 cm³/mol. The summed E-state index contributed by atoms with van der Waals surface area (Å²) < 4.78 is 62.2. The van der Waals surface area contributed by atoms with Crippen molar-refractivity contribution in [3.05, 3.63) is 183 Å². The molecule has 0 bridgehead atoms. The number of carboxylic acid groups (broad SMARTS) is 1. The standard InChI is InChI=1S/C30H26FN5O5.C15H14N4O3.C14H13FN2O3/c1-17(2)36-16-22(29(38)28(35-36)19-5-7-20(31)8-6-19)24(37)11-18-14-33-30(34-15-18)41-25-9-10-32-23-13-27(40-4)26(39-3)12-21(23)25;1-20-13-5-10-11(6-14(13)21-2)17-4-3-12(10)22-15-18-7-9(16)8-19-15;1-8(2)17-7-11(14(19)20)13(18)12(16-17)9-3-5-10(15)6-4-9/h5-10,12-17H,11H2,1-4H3;3-8H,16H2,1-2H3;3-8H,1-2H3,(H,19,20). The molecule has 10 rings (SSSR count). The molecule has 0 amide bonds. The smallest absolute Gasteiger partial charge is 0.341 e. The summed E-state index contributed by atoms with van der Waals surface area (Å²) in [6.45, 7) is 7.39. The lowest BCUT2D eigenvalue weighted by Gasteiger charge is -2.13. The zero-order chi connectivity index (χ0) is 59.5. The van der Waals surface area contributed by atoms with Crippen molar-refractivity contribution in [3.8, 4) is 69.0 Å². The van der Waals surface area contributed by atoms with E-state index in [0.29, 0.717) is 73.3 Å². The monoisotopic (exact) mass is 1130 g/mol. The number of hydrogen-bond acceptors (Lipinski definition) is 19. The number of anilines is 1. The number of carboxylic acids is 1. The normalized spacial score (nSPS) is 10.8. The van der Waals surface area contributed by atoms with Gasteiger partial charge in [0, 0.05) is 89.7 Å². The van der Waals surface area contributed by atoms with Gasteiger partial charge in [0.2, 0.25) is 10.9 Å². The second kappa shape index (κ2) is 26.0. The van der Waals surface area contributed by atoms with Gasteiger partial charge in [-0.3, -0.25) is 33.7 Å². The van der Waals surface area contributed by atoms with Crippen LogP contribution in [0.5, 0.6) is 46.5 Å². The number of hydrogen-bond donors (Lipinski definition) is 2. The van der Waals surface area contributed by atoms with Gasteiger partial charge in [0.1, 0.15) is 40.1 Å². The number of aromatic carboxylic acids is 1. The Bertz CT molecular complexity index is 4090. The first-order chi connectivity index (χ1) is 39.9. The lowest BCUT2D eigenvalue weighted by Crippen LogP contribution is -2.24. The Labute approximate surface area is 471 Å². The van der Waals surface area contributed by atoms with Crippen molar-refractivity contribution in [3.63, 3.8) is 0 Å². The molecule has 6 heterocycles. The van der Waals surface area contributed by atoms with Crippen molar-refractivity contribution in [1.82, 2.24) is 49.5 Å². The highest BCUT2D eigenvalue weighted by atomic mass is 19.1. The van der Waals surface area contributed by atoms with Gasteiger partial charge in [0.15, 0.2) is 28.8 Å². The number of Topliss-reactive ketones (excluding diaryl/α,β-unsaturated/α-hetero) is 1. The Morgan fingerprint density at radius 1 is 0.542 bits per heavy atom. The van der Waals surface area contributed by atoms with E-state index in [9.17, 15) is 28.0 Å². The fraction of sp³-hybridized carbons (Fsp3) is 0.186. The van der Waals surface area contributed by atoms with Crippen LogP contribution in [0.1, 0.15) is 66.1 Å². The molecule has 3 N–H and O–H groups in total. The number of carbonyl (C=O) groups excluding carboxylic acids is 1. The van der Waals surface area contributed by atoms with Crippen LogP contribution in [0, 0.1) is 11.6 Å². The number of benzene rings is 4. The molecule has 6 aromatic heterocycles. The number of carbonyl (C=O) groups is 2. The van der Waals surface area contributed by atoms with Gasteiger partial charge in [-0.2, -0.15) is 10.2 Å². The van der Waals surface area contributed by atoms with Crippen molar-refractivity contribution in [2.45, 2.75) is 46.2 Å². The topological polar surface area (TPSA) is 283 Å². The van der Waals surface area contributed by atoms with Crippen LogP contribution in [0.15, 0.2) is 144 Å². The van der Waals surface area contributed by atoms with E-state index in [-0.39, 0.29) is 53.0 Å². The largest absolute Gasteiger partial charge is 0.493 e. The lowest BCUT2D eigenvalue weighted by molar-refractivity contribution is 0.0693. The number of nitrogens with two attached hydrogens (primary N) is 1. The van der Waals surface area contributed by atoms with Crippen LogP contribution in [0.3, 0.4) is 0 Å². The molecule has 24 heteroatoms. The molecular weight excluding hydrogens is 1080 g/mol. The second-order valence-electron chi connectivity index (χ2n) is 18.5. The lowest BCUT2D eigenvalue weighted by atomic mass is 10.0. The van der Waals surface area contributed by atoms with E-state index in [4.69, 9.17) is 39.3 Å². The first kappa shape index (κ1) is 58.4. The van der Waals surface area contributed by atoms with Crippen molar-refractivity contribution >= 4 is 39.2 Å². The molecule has 0 saturated heterocycles. The van der Waals surface area contributed by atoms with Crippen molar-refractivity contribution in [2.24, 2.45) is 0 Å². The molecule has 0 radical (unpaired) electrons. The summed E-state index contributed by atoms with van der Waals surface area (Å²) in [7, 11) is 6.23. The van der Waals surface area contributed by atoms with E-state index in [2.05, 4.69) is 40.1 Å². The highest BCUT2D eigenvalue weighted by Crippen LogP contribution is 2.38. The van der Waals surface area contributed by atoms with E-state index in [1.165, 1.54) is 97.5 Å². The van der Waals surface area contributed by atoms with Crippen LogP contribution in [0.25, 0.3) is 44.3 Å². The minimum absolute atomic E-state index is 0.00130. The predicted octanol–water partition coefficient (Wildman–Crippen LogP) is 9.95. The maximum absolute atomic E-state index is 13.4. The fourth-order valence-electron chi connectivity index (χ4n) is 7.91. The number of ether oxygens (including phenoxy) is 6. The number of ketones is 1. The van der Waals surface area contributed by atoms with Gasteiger partial charge < -0.3 is 39.3 Å². The van der Waals surface area contributed by atoms with Gasteiger partial charge in [-0.05, 0) is 106 Å². The summed E-state index contributed by atoms with van der Waals surface area (Å²) in [4.78, 5) is 75.0. The molecule has 0 aliphatic carbocycles. The minimum Gasteiger partial charge on any atom is -0.493 e. The summed E-state index contributed by atoms with van der Waals surface area (Å²) in [5.41, 5.74) is 7.15.